The van der Waals surface area contributed by atoms with Gasteiger partial charge in [0.15, 0.2) is 0 Å². The van der Waals surface area contributed by atoms with Crippen molar-refractivity contribution in [1.29, 1.82) is 0 Å². The molecule has 44 heavy (non-hydrogen) atoms. The van der Waals surface area contributed by atoms with Crippen LogP contribution in [0.4, 0.5) is 9.59 Å². The molecule has 11 heteroatoms. The van der Waals surface area contributed by atoms with Gasteiger partial charge in [-0.2, -0.15) is 0 Å². The Balaban J connectivity index is 0.0000185. The quantitative estimate of drug-likeness (QED) is 0.0730. The molecule has 1 aliphatic rings. The summed E-state index contributed by atoms with van der Waals surface area (Å²) in [6.45, 7) is 6.29. The van der Waals surface area contributed by atoms with Crippen LogP contribution in [-0.4, -0.2) is 80.3 Å². The van der Waals surface area contributed by atoms with Crippen molar-refractivity contribution in [3.05, 3.63) is 10.6 Å². The fraction of sp³-hybridized carbons (Fsp3) is 0.848. The second-order valence-electron chi connectivity index (χ2n) is 11.7. The van der Waals surface area contributed by atoms with E-state index in [-0.39, 0.29) is 49.6 Å². The maximum Gasteiger partial charge on any atom is 0.416 e. The molecule has 0 saturated heterocycles. The molecule has 9 nitrogen and oxygen atoms in total. The van der Waals surface area contributed by atoms with Gasteiger partial charge in [0.1, 0.15) is 19.3 Å². The number of carbonyl (C=O) groups excluding carboxylic acids is 3. The Morgan fingerprint density at radius 3 is 1.82 bits per heavy atom. The minimum atomic E-state index is -0.725. The van der Waals surface area contributed by atoms with E-state index in [9.17, 15) is 14.4 Å². The van der Waals surface area contributed by atoms with Crippen LogP contribution in [0.25, 0.3) is 0 Å². The number of imide groups is 1. The Kier molecular flexibility index (Phi) is 27.3. The van der Waals surface area contributed by atoms with Crippen LogP contribution in [0.2, 0.25) is 0 Å². The van der Waals surface area contributed by atoms with Gasteiger partial charge >= 0.3 is 12.2 Å². The molecular weight excluding hydrogens is 693 g/mol. The van der Waals surface area contributed by atoms with Crippen LogP contribution in [0.15, 0.2) is 10.6 Å². The van der Waals surface area contributed by atoms with E-state index in [4.69, 9.17) is 14.2 Å². The number of halogens is 1. The lowest BCUT2D eigenvalue weighted by Gasteiger charge is -2.21. The molecule has 0 saturated carbocycles. The van der Waals surface area contributed by atoms with Gasteiger partial charge in [-0.3, -0.25) is 4.79 Å². The van der Waals surface area contributed by atoms with Crippen LogP contribution in [0, 0.1) is 0 Å². The topological polar surface area (TPSA) is 97.4 Å². The summed E-state index contributed by atoms with van der Waals surface area (Å²) in [5, 5.41) is 2.77. The van der Waals surface area contributed by atoms with Gasteiger partial charge in [0, 0.05) is 44.8 Å². The summed E-state index contributed by atoms with van der Waals surface area (Å²) in [4.78, 5) is 41.0. The lowest BCUT2D eigenvalue weighted by atomic mass is 10.0. The molecular formula is C33H62IN3O6S. The largest absolute Gasteiger partial charge is 0.447 e. The zero-order valence-electron chi connectivity index (χ0n) is 28.3. The monoisotopic (exact) mass is 755 g/mol. The Hall–Kier alpha value is -1.21. The number of alkyl carbamates (subject to hydrolysis) is 1. The third kappa shape index (κ3) is 20.7. The average Bonchev–Trinajstić information content (AvgIpc) is 3.31. The van der Waals surface area contributed by atoms with Crippen LogP contribution < -0.4 is 5.32 Å². The van der Waals surface area contributed by atoms with Gasteiger partial charge in [-0.15, -0.1) is 35.7 Å². The van der Waals surface area contributed by atoms with Crippen molar-refractivity contribution in [3.8, 4) is 0 Å². The second kappa shape index (κ2) is 28.0. The normalized spacial score (nSPS) is 13.4. The molecule has 258 valence electrons. The van der Waals surface area contributed by atoms with Crippen molar-refractivity contribution >= 4 is 53.8 Å². The number of hydrogen-bond acceptors (Lipinski definition) is 8. The highest BCUT2D eigenvalue weighted by Gasteiger charge is 2.24. The molecule has 0 fully saturated rings. The van der Waals surface area contributed by atoms with Gasteiger partial charge in [-0.05, 0) is 19.8 Å². The molecule has 0 aromatic heterocycles. The van der Waals surface area contributed by atoms with Crippen molar-refractivity contribution in [2.45, 2.75) is 136 Å². The molecule has 0 aliphatic carbocycles. The Morgan fingerprint density at radius 2 is 1.36 bits per heavy atom. The Labute approximate surface area is 289 Å². The number of rotatable bonds is 25. The van der Waals surface area contributed by atoms with Gasteiger partial charge in [-0.1, -0.05) is 103 Å². The zero-order chi connectivity index (χ0) is 31.7. The number of methoxy groups -OCH3 is 1. The third-order valence-corrected chi connectivity index (χ3v) is 9.36. The number of nitrogens with one attached hydrogen (secondary N) is 1. The number of amides is 3. The fourth-order valence-corrected chi connectivity index (χ4v) is 6.09. The van der Waals surface area contributed by atoms with Crippen LogP contribution in [0.5, 0.6) is 0 Å². The van der Waals surface area contributed by atoms with Crippen LogP contribution in [0.3, 0.4) is 0 Å². The Bertz CT molecular complexity index is 816. The SMILES string of the molecule is CCCCCCCCCCCCCCCCCCNC(=O)OCC(COC(=O)N(CCC1=C(C)N(C)CS1)C(C)=O)OC.I. The molecule has 3 amide bonds. The van der Waals surface area contributed by atoms with Crippen LogP contribution >= 0.6 is 35.7 Å². The molecule has 1 N–H and O–H groups in total. The van der Waals surface area contributed by atoms with E-state index in [1.807, 2.05) is 14.0 Å². The summed E-state index contributed by atoms with van der Waals surface area (Å²) in [5.74, 6) is 0.493. The average molecular weight is 756 g/mol. The number of thioether (sulfide) groups is 1. The first-order valence-electron chi connectivity index (χ1n) is 16.7. The molecule has 1 rings (SSSR count). The standard InChI is InChI=1S/C33H61N3O6S.HI/c1-6-7-8-9-10-11-12-13-14-15-16-17-18-19-20-21-23-34-32(38)41-25-30(40-5)26-42-33(39)36(29(3)37)24-22-31-28(2)35(4)27-43-31;/h30H,6-27H2,1-5H3,(H,34,38);1H. The fourth-order valence-electron chi connectivity index (χ4n) is 4.94. The smallest absolute Gasteiger partial charge is 0.416 e. The first-order chi connectivity index (χ1) is 20.8. The van der Waals surface area contributed by atoms with E-state index < -0.39 is 18.3 Å². The molecule has 1 heterocycles. The molecule has 0 bridgehead atoms. The van der Waals surface area contributed by atoms with Crippen molar-refractivity contribution in [3.63, 3.8) is 0 Å². The molecule has 0 radical (unpaired) electrons. The van der Waals surface area contributed by atoms with Crippen LogP contribution in [-0.2, 0) is 19.0 Å². The van der Waals surface area contributed by atoms with Gasteiger partial charge in [0.05, 0.1) is 5.88 Å². The Morgan fingerprint density at radius 1 is 0.864 bits per heavy atom. The second-order valence-corrected chi connectivity index (χ2v) is 12.7. The highest BCUT2D eigenvalue weighted by atomic mass is 127. The summed E-state index contributed by atoms with van der Waals surface area (Å²) in [5.41, 5.74) is 1.16. The predicted molar refractivity (Wildman–Crippen MR) is 191 cm³/mol. The van der Waals surface area contributed by atoms with E-state index >= 15 is 0 Å². The minimum absolute atomic E-state index is 0. The zero-order valence-corrected chi connectivity index (χ0v) is 31.4. The first kappa shape index (κ1) is 42.8. The van der Waals surface area contributed by atoms with Crippen molar-refractivity contribution in [1.82, 2.24) is 15.1 Å². The lowest BCUT2D eigenvalue weighted by Crippen LogP contribution is -2.39. The highest BCUT2D eigenvalue weighted by molar-refractivity contribution is 14.0. The molecule has 0 spiro atoms. The summed E-state index contributed by atoms with van der Waals surface area (Å²) >= 11 is 1.71. The van der Waals surface area contributed by atoms with E-state index in [1.54, 1.807) is 11.8 Å². The molecule has 0 aromatic carbocycles. The minimum Gasteiger partial charge on any atom is -0.447 e. The maximum atomic E-state index is 12.6. The molecule has 0 aromatic rings. The van der Waals surface area contributed by atoms with Crippen molar-refractivity contribution in [2.24, 2.45) is 0 Å². The van der Waals surface area contributed by atoms with E-state index in [0.29, 0.717) is 13.0 Å². The lowest BCUT2D eigenvalue weighted by molar-refractivity contribution is -0.127. The van der Waals surface area contributed by atoms with Crippen LogP contribution in [0.1, 0.15) is 130 Å². The van der Waals surface area contributed by atoms with Gasteiger partial charge in [0.25, 0.3) is 0 Å². The van der Waals surface area contributed by atoms with Gasteiger partial charge in [-0.25, -0.2) is 14.5 Å². The number of nitrogens with zero attached hydrogens (tertiary/aromatic N) is 2. The van der Waals surface area contributed by atoms with Gasteiger partial charge < -0.3 is 24.4 Å². The summed E-state index contributed by atoms with van der Waals surface area (Å²) in [6.07, 6.45) is 19.7. The van der Waals surface area contributed by atoms with E-state index in [0.717, 1.165) is 34.2 Å². The number of hydrogen-bond donors (Lipinski definition) is 1. The third-order valence-electron chi connectivity index (χ3n) is 8.00. The molecule has 1 aliphatic heterocycles. The predicted octanol–water partition coefficient (Wildman–Crippen LogP) is 8.85. The summed E-state index contributed by atoms with van der Waals surface area (Å²) in [7, 11) is 3.48. The summed E-state index contributed by atoms with van der Waals surface area (Å²) < 4.78 is 15.8. The van der Waals surface area contributed by atoms with E-state index in [1.165, 1.54) is 104 Å². The summed E-state index contributed by atoms with van der Waals surface area (Å²) in [6, 6.07) is 0. The molecule has 1 atom stereocenters. The number of carbonyl (C=O) groups is 3. The number of unbranched alkanes of at least 4 members (excludes halogenated alkanes) is 15. The van der Waals surface area contributed by atoms with Gasteiger partial charge in [0.2, 0.25) is 5.91 Å². The van der Waals surface area contributed by atoms with Crippen molar-refractivity contribution in [2.75, 3.05) is 46.3 Å². The number of allylic oxidation sites excluding steroid dienone is 1. The molecule has 1 unspecified atom stereocenters. The van der Waals surface area contributed by atoms with E-state index in [2.05, 4.69) is 17.1 Å². The number of ether oxygens (including phenoxy) is 3. The highest BCUT2D eigenvalue weighted by Crippen LogP contribution is 2.32. The first-order valence-corrected chi connectivity index (χ1v) is 17.7. The van der Waals surface area contributed by atoms with Crippen molar-refractivity contribution < 1.29 is 28.6 Å². The maximum absolute atomic E-state index is 12.6.